The third kappa shape index (κ3) is 10.2. The number of rotatable bonds is 0. The van der Waals surface area contributed by atoms with E-state index in [1.54, 1.807) is 0 Å². The molecule has 0 nitrogen and oxygen atoms in total. The summed E-state index contributed by atoms with van der Waals surface area (Å²) in [7, 11) is 0. The van der Waals surface area contributed by atoms with Gasteiger partial charge in [0.2, 0.25) is 0 Å². The predicted molar refractivity (Wildman–Crippen MR) is 140 cm³/mol. The Morgan fingerprint density at radius 3 is 0.515 bits per heavy atom. The summed E-state index contributed by atoms with van der Waals surface area (Å²) in [6.07, 6.45) is 0. The minimum Gasteiger partial charge on any atom is -0.184 e. The van der Waals surface area contributed by atoms with Crippen LogP contribution in [0.25, 0.3) is 0 Å². The molecule has 1 heteroatoms. The van der Waals surface area contributed by atoms with E-state index in [-0.39, 0.29) is 26.2 Å². The number of hydrogen-bond acceptors (Lipinski definition) is 0. The largest absolute Gasteiger partial charge is 2.00 e. The Bertz CT molecular complexity index is 480. The van der Waals surface area contributed by atoms with E-state index in [1.807, 2.05) is 60.7 Å². The maximum Gasteiger partial charge on any atom is 2.00 e. The summed E-state index contributed by atoms with van der Waals surface area (Å²) in [4.78, 5) is 0. The smallest absolute Gasteiger partial charge is 0.184 e. The molecule has 2 saturated carbocycles. The van der Waals surface area contributed by atoms with Crippen LogP contribution in [0.4, 0.5) is 0 Å². The molecule has 0 atom stereocenters. The Hall–Kier alpha value is -0.677. The molecule has 2 fully saturated rings. The minimum absolute atomic E-state index is 0. The molecule has 33 heavy (non-hydrogen) atoms. The molecule has 0 aliphatic heterocycles. The first-order valence-corrected chi connectivity index (χ1v) is 11.3. The molecule has 0 saturated heterocycles. The minimum atomic E-state index is 0. The van der Waals surface area contributed by atoms with Crippen molar-refractivity contribution in [2.45, 2.75) is 69.2 Å². The third-order valence-corrected chi connectivity index (χ3v) is 6.84. The van der Waals surface area contributed by atoms with E-state index in [0.29, 0.717) is 0 Å². The SMILES string of the molecule is C[C]1[C](C)[C](C)[C](C)[C]1C.C[C]1[C](C)[C](C)[C](C)[C]1C.[Zr+2].[c-]1ccccc1.[c-]1ccccc1. The standard InChI is InChI=1S/2C10H15.2C6H5.Zr/c2*1-6-7(2)9(4)10(5)8(6)3;2*1-2-4-6-5-3-1;/h2*1-5H3;2*1-5H;/q;;2*-1;+2. The van der Waals surface area contributed by atoms with Gasteiger partial charge in [0.1, 0.15) is 0 Å². The van der Waals surface area contributed by atoms with Gasteiger partial charge in [0.15, 0.2) is 0 Å². The molecule has 0 spiro atoms. The molecule has 2 aromatic carbocycles. The van der Waals surface area contributed by atoms with Crippen molar-refractivity contribution in [2.24, 2.45) is 0 Å². The van der Waals surface area contributed by atoms with E-state index < -0.39 is 0 Å². The monoisotopic (exact) mass is 514 g/mol. The van der Waals surface area contributed by atoms with Crippen LogP contribution in [0.3, 0.4) is 0 Å². The first kappa shape index (κ1) is 32.3. The van der Waals surface area contributed by atoms with Crippen LogP contribution in [0.2, 0.25) is 0 Å². The van der Waals surface area contributed by atoms with Gasteiger partial charge in [-0.3, -0.25) is 0 Å². The second-order valence-corrected chi connectivity index (χ2v) is 8.40. The second kappa shape index (κ2) is 16.9. The molecular weight excluding hydrogens is 476 g/mol. The van der Waals surface area contributed by atoms with E-state index in [2.05, 4.69) is 81.4 Å². The van der Waals surface area contributed by atoms with Crippen LogP contribution in [0, 0.1) is 71.3 Å². The van der Waals surface area contributed by atoms with Crippen molar-refractivity contribution < 1.29 is 26.2 Å². The van der Waals surface area contributed by atoms with Crippen molar-refractivity contribution in [3.8, 4) is 0 Å². The molecule has 0 heterocycles. The fourth-order valence-corrected chi connectivity index (χ4v) is 3.50. The van der Waals surface area contributed by atoms with Gasteiger partial charge in [-0.05, 0) is 59.2 Å². The van der Waals surface area contributed by atoms with E-state index in [0.717, 1.165) is 0 Å². The zero-order valence-corrected chi connectivity index (χ0v) is 24.7. The van der Waals surface area contributed by atoms with Crippen molar-refractivity contribution in [3.63, 3.8) is 0 Å². The Labute approximate surface area is 226 Å². The Morgan fingerprint density at radius 1 is 0.303 bits per heavy atom. The van der Waals surface area contributed by atoms with Crippen LogP contribution in [0.15, 0.2) is 60.7 Å². The maximum atomic E-state index is 2.89. The van der Waals surface area contributed by atoms with Gasteiger partial charge >= 0.3 is 26.2 Å². The van der Waals surface area contributed by atoms with E-state index in [4.69, 9.17) is 0 Å². The number of benzene rings is 2. The van der Waals surface area contributed by atoms with E-state index in [1.165, 1.54) is 59.2 Å². The number of hydrogen-bond donors (Lipinski definition) is 0. The van der Waals surface area contributed by atoms with Crippen LogP contribution in [-0.2, 0) is 26.2 Å². The molecule has 0 aromatic heterocycles. The van der Waals surface area contributed by atoms with Crippen molar-refractivity contribution in [3.05, 3.63) is 132 Å². The van der Waals surface area contributed by atoms with Crippen molar-refractivity contribution >= 4 is 0 Å². The maximum absolute atomic E-state index is 2.89. The van der Waals surface area contributed by atoms with Gasteiger partial charge < -0.3 is 0 Å². The normalized spacial score (nSPS) is 20.2. The van der Waals surface area contributed by atoms with Crippen LogP contribution in [0.1, 0.15) is 69.2 Å². The average molecular weight is 516 g/mol. The zero-order valence-electron chi connectivity index (χ0n) is 22.3. The van der Waals surface area contributed by atoms with Crippen molar-refractivity contribution in [1.29, 1.82) is 0 Å². The molecule has 2 aliphatic carbocycles. The van der Waals surface area contributed by atoms with Crippen LogP contribution in [0.5, 0.6) is 0 Å². The van der Waals surface area contributed by atoms with Gasteiger partial charge in [-0.25, -0.2) is 0 Å². The van der Waals surface area contributed by atoms with Gasteiger partial charge in [-0.2, -0.15) is 72.8 Å². The van der Waals surface area contributed by atoms with Crippen LogP contribution in [-0.4, -0.2) is 0 Å². The average Bonchev–Trinajstić information content (AvgIpc) is 3.12. The molecule has 0 amide bonds. The van der Waals surface area contributed by atoms with Crippen LogP contribution < -0.4 is 0 Å². The second-order valence-electron chi connectivity index (χ2n) is 8.40. The third-order valence-electron chi connectivity index (χ3n) is 6.84. The summed E-state index contributed by atoms with van der Waals surface area (Å²) >= 11 is 0. The van der Waals surface area contributed by atoms with E-state index >= 15 is 0 Å². The molecular formula is C32H40Zr. The Balaban J connectivity index is 0.000000420. The predicted octanol–water partition coefficient (Wildman–Crippen LogP) is 8.91. The van der Waals surface area contributed by atoms with Gasteiger partial charge in [0.05, 0.1) is 0 Å². The summed E-state index contributed by atoms with van der Waals surface area (Å²) in [5.74, 6) is 14.7. The quantitative estimate of drug-likeness (QED) is 0.307. The van der Waals surface area contributed by atoms with Crippen molar-refractivity contribution in [1.82, 2.24) is 0 Å². The molecule has 2 aromatic rings. The van der Waals surface area contributed by atoms with Gasteiger partial charge in [0.25, 0.3) is 0 Å². The first-order valence-electron chi connectivity index (χ1n) is 11.3. The summed E-state index contributed by atoms with van der Waals surface area (Å²) in [6.45, 7) is 22.0. The molecule has 0 bridgehead atoms. The molecule has 2 aliphatic rings. The molecule has 0 unspecified atom stereocenters. The topological polar surface area (TPSA) is 0 Å². The van der Waals surface area contributed by atoms with Gasteiger partial charge in [-0.1, -0.05) is 69.2 Å². The fraction of sp³-hybridized carbons (Fsp3) is 0.312. The summed E-state index contributed by atoms with van der Waals surface area (Å²) in [5, 5.41) is 0. The Kier molecular flexibility index (Phi) is 16.5. The zero-order chi connectivity index (χ0) is 24.3. The van der Waals surface area contributed by atoms with Gasteiger partial charge in [-0.15, -0.1) is 0 Å². The molecule has 172 valence electrons. The van der Waals surface area contributed by atoms with Crippen LogP contribution >= 0.6 is 0 Å². The molecule has 0 N–H and O–H groups in total. The summed E-state index contributed by atoms with van der Waals surface area (Å²) < 4.78 is 0. The molecule has 4 rings (SSSR count). The summed E-state index contributed by atoms with van der Waals surface area (Å²) in [6, 6.07) is 25.0. The van der Waals surface area contributed by atoms with E-state index in [9.17, 15) is 0 Å². The van der Waals surface area contributed by atoms with Gasteiger partial charge in [0, 0.05) is 0 Å². The first-order chi connectivity index (χ1) is 15.1. The summed E-state index contributed by atoms with van der Waals surface area (Å²) in [5.41, 5.74) is 0. The molecule has 10 radical (unpaired) electrons. The fourth-order valence-electron chi connectivity index (χ4n) is 3.50. The Morgan fingerprint density at radius 2 is 0.455 bits per heavy atom. The van der Waals surface area contributed by atoms with Crippen molar-refractivity contribution in [2.75, 3.05) is 0 Å².